The average molecular weight is 641 g/mol. The van der Waals surface area contributed by atoms with Crippen molar-refractivity contribution in [1.82, 2.24) is 0 Å². The number of hydrogen-bond acceptors (Lipinski definition) is 12. The van der Waals surface area contributed by atoms with Crippen LogP contribution in [0.2, 0.25) is 0 Å². The van der Waals surface area contributed by atoms with Gasteiger partial charge in [0.1, 0.15) is 11.2 Å². The topological polar surface area (TPSA) is 155 Å². The Morgan fingerprint density at radius 3 is 1.05 bits per heavy atom. The van der Waals surface area contributed by atoms with Gasteiger partial charge in [0.05, 0.1) is 106 Å². The van der Waals surface area contributed by atoms with Crippen molar-refractivity contribution in [3.8, 4) is 0 Å². The molecule has 1 heterocycles. The van der Waals surface area contributed by atoms with E-state index in [1.807, 2.05) is 55.4 Å². The van der Waals surface area contributed by atoms with Crippen LogP contribution in [0.15, 0.2) is 0 Å². The van der Waals surface area contributed by atoms with Gasteiger partial charge >= 0.3 is 0 Å². The summed E-state index contributed by atoms with van der Waals surface area (Å²) in [5, 5.41) is 41.3. The van der Waals surface area contributed by atoms with E-state index in [0.717, 1.165) is 0 Å². The molecule has 1 fully saturated rings. The van der Waals surface area contributed by atoms with Gasteiger partial charge in [0.15, 0.2) is 0 Å². The second-order valence-corrected chi connectivity index (χ2v) is 14.8. The van der Waals surface area contributed by atoms with Crippen LogP contribution in [0.5, 0.6) is 0 Å². The van der Waals surface area contributed by atoms with Crippen molar-refractivity contribution in [2.24, 2.45) is 21.7 Å². The zero-order valence-electron chi connectivity index (χ0n) is 28.8. The van der Waals surface area contributed by atoms with Gasteiger partial charge in [0, 0.05) is 34.9 Å². The fraction of sp³-hybridized carbons (Fsp3) is 1.00. The highest BCUT2D eigenvalue weighted by molar-refractivity contribution is 4.86. The molecule has 1 rings (SSSR count). The zero-order valence-corrected chi connectivity index (χ0v) is 28.8. The molecule has 0 aromatic carbocycles. The van der Waals surface area contributed by atoms with E-state index >= 15 is 0 Å². The molecule has 264 valence electrons. The molecule has 0 bridgehead atoms. The van der Waals surface area contributed by atoms with Gasteiger partial charge in [0.25, 0.3) is 0 Å². The molecule has 1 saturated heterocycles. The second kappa shape index (κ2) is 19.4. The monoisotopic (exact) mass is 640 g/mol. The van der Waals surface area contributed by atoms with E-state index in [1.165, 1.54) is 0 Å². The second-order valence-electron chi connectivity index (χ2n) is 14.8. The lowest BCUT2D eigenvalue weighted by Crippen LogP contribution is -2.51. The molecule has 0 saturated carbocycles. The van der Waals surface area contributed by atoms with Crippen LogP contribution in [0.25, 0.3) is 0 Å². The maximum Gasteiger partial charge on any atom is 0.137 e. The first kappa shape index (κ1) is 41.5. The van der Waals surface area contributed by atoms with E-state index in [4.69, 9.17) is 37.9 Å². The standard InChI is InChI=1S/C32H64O12/c1-9-37-23-31(13-35)25-41-17-28(5,6)18-42-26-32(14-36,24-38-10-2)44-22-30(8,12-34)20-40-16-27(3,4)15-39-19-29(7,11-33)21-43-31/h33-36H,9-26H2,1-8H3. The van der Waals surface area contributed by atoms with Crippen LogP contribution in [0.3, 0.4) is 0 Å². The summed E-state index contributed by atoms with van der Waals surface area (Å²) in [5.74, 6) is 0. The normalized spacial score (nSPS) is 34.1. The summed E-state index contributed by atoms with van der Waals surface area (Å²) < 4.78 is 48.1. The smallest absolute Gasteiger partial charge is 0.137 e. The Morgan fingerprint density at radius 1 is 0.455 bits per heavy atom. The molecule has 12 nitrogen and oxygen atoms in total. The molecule has 4 atom stereocenters. The van der Waals surface area contributed by atoms with Crippen molar-refractivity contribution in [3.05, 3.63) is 0 Å². The van der Waals surface area contributed by atoms with Gasteiger partial charge in [-0.15, -0.1) is 0 Å². The van der Waals surface area contributed by atoms with Gasteiger partial charge in [-0.2, -0.15) is 0 Å². The largest absolute Gasteiger partial charge is 0.396 e. The van der Waals surface area contributed by atoms with E-state index in [9.17, 15) is 20.4 Å². The summed E-state index contributed by atoms with van der Waals surface area (Å²) in [7, 11) is 0. The molecule has 0 spiro atoms. The molecule has 1 aliphatic rings. The average Bonchev–Trinajstić information content (AvgIpc) is 2.99. The minimum Gasteiger partial charge on any atom is -0.396 e. The summed E-state index contributed by atoms with van der Waals surface area (Å²) in [4.78, 5) is 0. The van der Waals surface area contributed by atoms with Crippen molar-refractivity contribution in [1.29, 1.82) is 0 Å². The molecule has 4 unspecified atom stereocenters. The fourth-order valence-corrected chi connectivity index (χ4v) is 4.28. The van der Waals surface area contributed by atoms with E-state index in [0.29, 0.717) is 26.4 Å². The SMILES string of the molecule is CCOCC1(CO)COCC(C)(C)COCC(CO)(COCC)OCC(C)(CO)COCC(C)(C)COCC(C)(CO)CO1. The van der Waals surface area contributed by atoms with Crippen LogP contribution in [0.4, 0.5) is 0 Å². The first-order chi connectivity index (χ1) is 20.6. The Balaban J connectivity index is 3.24. The zero-order chi connectivity index (χ0) is 33.4. The first-order valence-electron chi connectivity index (χ1n) is 15.8. The molecule has 0 radical (unpaired) electrons. The summed E-state index contributed by atoms with van der Waals surface area (Å²) >= 11 is 0. The molecular formula is C32H64O12. The Labute approximate surface area is 265 Å². The van der Waals surface area contributed by atoms with Gasteiger partial charge in [-0.05, 0) is 13.8 Å². The van der Waals surface area contributed by atoms with Crippen molar-refractivity contribution in [3.63, 3.8) is 0 Å². The lowest BCUT2D eigenvalue weighted by atomic mass is 9.92. The third-order valence-corrected chi connectivity index (χ3v) is 7.53. The molecule has 12 heteroatoms. The van der Waals surface area contributed by atoms with E-state index in [1.54, 1.807) is 0 Å². The van der Waals surface area contributed by atoms with Gasteiger partial charge in [-0.1, -0.05) is 41.5 Å². The van der Waals surface area contributed by atoms with Crippen molar-refractivity contribution >= 4 is 0 Å². The Kier molecular flexibility index (Phi) is 18.3. The van der Waals surface area contributed by atoms with E-state index in [2.05, 4.69) is 0 Å². The predicted molar refractivity (Wildman–Crippen MR) is 166 cm³/mol. The molecule has 4 N–H and O–H groups in total. The minimum atomic E-state index is -1.13. The quantitative estimate of drug-likeness (QED) is 0.275. The number of aliphatic hydroxyl groups is 4. The predicted octanol–water partition coefficient (Wildman–Crippen LogP) is 1.68. The summed E-state index contributed by atoms with van der Waals surface area (Å²) in [6, 6.07) is 0. The van der Waals surface area contributed by atoms with Crippen LogP contribution < -0.4 is 0 Å². The van der Waals surface area contributed by atoms with Crippen LogP contribution in [0.1, 0.15) is 55.4 Å². The molecule has 0 aliphatic carbocycles. The number of aliphatic hydroxyl groups excluding tert-OH is 4. The molecule has 44 heavy (non-hydrogen) atoms. The Bertz CT molecular complexity index is 710. The summed E-state index contributed by atoms with van der Waals surface area (Å²) in [6.45, 7) is 17.6. The van der Waals surface area contributed by atoms with E-state index in [-0.39, 0.29) is 97.9 Å². The Hall–Kier alpha value is -0.480. The van der Waals surface area contributed by atoms with Crippen LogP contribution >= 0.6 is 0 Å². The van der Waals surface area contributed by atoms with Gasteiger partial charge < -0.3 is 58.3 Å². The van der Waals surface area contributed by atoms with Gasteiger partial charge in [0.2, 0.25) is 0 Å². The van der Waals surface area contributed by atoms with Crippen molar-refractivity contribution in [2.45, 2.75) is 66.6 Å². The minimum absolute atomic E-state index is 0.0629. The molecule has 1 aliphatic heterocycles. The van der Waals surface area contributed by atoms with Crippen LogP contribution in [-0.2, 0) is 37.9 Å². The Morgan fingerprint density at radius 2 is 0.773 bits per heavy atom. The summed E-state index contributed by atoms with van der Waals surface area (Å²) in [5.41, 5.74) is -4.55. The molecule has 0 aromatic rings. The number of hydrogen-bond donors (Lipinski definition) is 4. The van der Waals surface area contributed by atoms with E-state index < -0.39 is 27.4 Å². The lowest BCUT2D eigenvalue weighted by Gasteiger charge is -2.38. The highest BCUT2D eigenvalue weighted by atomic mass is 16.6. The highest BCUT2D eigenvalue weighted by Crippen LogP contribution is 2.28. The third kappa shape index (κ3) is 15.0. The third-order valence-electron chi connectivity index (χ3n) is 7.53. The molecule has 0 amide bonds. The lowest BCUT2D eigenvalue weighted by molar-refractivity contribution is -0.195. The number of ether oxygens (including phenoxy) is 8. The van der Waals surface area contributed by atoms with Crippen molar-refractivity contribution < 1.29 is 58.3 Å². The van der Waals surface area contributed by atoms with Crippen molar-refractivity contribution in [2.75, 3.05) is 119 Å². The molecular weight excluding hydrogens is 576 g/mol. The first-order valence-corrected chi connectivity index (χ1v) is 15.8. The van der Waals surface area contributed by atoms with Crippen LogP contribution in [-0.4, -0.2) is 151 Å². The van der Waals surface area contributed by atoms with Crippen LogP contribution in [0, 0.1) is 21.7 Å². The molecule has 0 aromatic heterocycles. The maximum absolute atomic E-state index is 10.4. The number of rotatable bonds is 10. The highest BCUT2D eigenvalue weighted by Gasteiger charge is 2.39. The maximum atomic E-state index is 10.4. The van der Waals surface area contributed by atoms with Gasteiger partial charge in [-0.25, -0.2) is 0 Å². The van der Waals surface area contributed by atoms with Gasteiger partial charge in [-0.3, -0.25) is 0 Å². The fourth-order valence-electron chi connectivity index (χ4n) is 4.28. The summed E-state index contributed by atoms with van der Waals surface area (Å²) in [6.07, 6.45) is 0.